The third-order valence-corrected chi connectivity index (χ3v) is 5.31. The van der Waals surface area contributed by atoms with Crippen LogP contribution in [0.3, 0.4) is 0 Å². The largest absolute Gasteiger partial charge is 0.459 e. The Kier molecular flexibility index (Phi) is 7.16. The van der Waals surface area contributed by atoms with Gasteiger partial charge in [-0.3, -0.25) is 9.79 Å². The molecule has 3 rings (SSSR count). The molecule has 2 heterocycles. The van der Waals surface area contributed by atoms with Crippen LogP contribution < -0.4 is 10.2 Å². The summed E-state index contributed by atoms with van der Waals surface area (Å²) < 4.78 is 5.23. The van der Waals surface area contributed by atoms with Crippen LogP contribution in [0.1, 0.15) is 23.0 Å². The molecule has 1 aromatic carbocycles. The first-order valence-electron chi connectivity index (χ1n) is 10.2. The van der Waals surface area contributed by atoms with Gasteiger partial charge in [-0.25, -0.2) is 0 Å². The molecule has 1 aliphatic rings. The summed E-state index contributed by atoms with van der Waals surface area (Å²) >= 11 is 0. The SMILES string of the molecule is CCN(CCNC(=NC)N1CCN(C(=O)c2ccco2)CC1)c1ccccc1C. The van der Waals surface area contributed by atoms with Crippen LogP contribution in [-0.4, -0.2) is 74.5 Å². The maximum atomic E-state index is 12.4. The molecule has 2 aromatic rings. The minimum absolute atomic E-state index is 0.0468. The van der Waals surface area contributed by atoms with Crippen LogP contribution in [0.25, 0.3) is 0 Å². The predicted octanol–water partition coefficient (Wildman–Crippen LogP) is 2.45. The first-order chi connectivity index (χ1) is 14.1. The van der Waals surface area contributed by atoms with Crippen molar-refractivity contribution < 1.29 is 9.21 Å². The number of amides is 1. The van der Waals surface area contributed by atoms with Crippen LogP contribution in [0.4, 0.5) is 5.69 Å². The topological polar surface area (TPSA) is 64.3 Å². The van der Waals surface area contributed by atoms with Crippen molar-refractivity contribution in [1.82, 2.24) is 15.1 Å². The number of likely N-dealkylation sites (N-methyl/N-ethyl adjacent to an activating group) is 1. The fourth-order valence-corrected chi connectivity index (χ4v) is 3.68. The van der Waals surface area contributed by atoms with Crippen LogP contribution in [0, 0.1) is 6.92 Å². The Morgan fingerprint density at radius 1 is 1.14 bits per heavy atom. The van der Waals surface area contributed by atoms with E-state index in [1.807, 2.05) is 11.9 Å². The smallest absolute Gasteiger partial charge is 0.289 e. The Morgan fingerprint density at radius 2 is 1.86 bits per heavy atom. The number of benzene rings is 1. The van der Waals surface area contributed by atoms with Gasteiger partial charge >= 0.3 is 0 Å². The van der Waals surface area contributed by atoms with Gasteiger partial charge in [0.1, 0.15) is 0 Å². The van der Waals surface area contributed by atoms with Crippen molar-refractivity contribution in [2.45, 2.75) is 13.8 Å². The van der Waals surface area contributed by atoms with Gasteiger partial charge in [0.05, 0.1) is 6.26 Å². The van der Waals surface area contributed by atoms with Gasteiger partial charge in [-0.15, -0.1) is 0 Å². The molecule has 0 saturated carbocycles. The van der Waals surface area contributed by atoms with Crippen molar-refractivity contribution in [3.63, 3.8) is 0 Å². The molecule has 1 N–H and O–H groups in total. The molecule has 0 radical (unpaired) electrons. The summed E-state index contributed by atoms with van der Waals surface area (Å²) in [5.41, 5.74) is 2.56. The van der Waals surface area contributed by atoms with Crippen molar-refractivity contribution in [3.8, 4) is 0 Å². The highest BCUT2D eigenvalue weighted by Crippen LogP contribution is 2.18. The van der Waals surface area contributed by atoms with Crippen molar-refractivity contribution in [2.75, 3.05) is 57.8 Å². The van der Waals surface area contributed by atoms with Gasteiger partial charge in [0.15, 0.2) is 11.7 Å². The number of carbonyl (C=O) groups is 1. The van der Waals surface area contributed by atoms with Gasteiger partial charge in [0, 0.05) is 58.5 Å². The molecule has 7 heteroatoms. The molecule has 1 aliphatic heterocycles. The molecule has 0 bridgehead atoms. The number of guanidine groups is 1. The average Bonchev–Trinajstić information content (AvgIpc) is 3.29. The molecule has 7 nitrogen and oxygen atoms in total. The maximum absolute atomic E-state index is 12.4. The van der Waals surface area contributed by atoms with E-state index in [-0.39, 0.29) is 5.91 Å². The highest BCUT2D eigenvalue weighted by Gasteiger charge is 2.25. The number of rotatable bonds is 6. The summed E-state index contributed by atoms with van der Waals surface area (Å²) in [5, 5.41) is 3.48. The quantitative estimate of drug-likeness (QED) is 0.599. The molecule has 0 spiro atoms. The number of piperazine rings is 1. The van der Waals surface area contributed by atoms with E-state index >= 15 is 0 Å². The van der Waals surface area contributed by atoms with Gasteiger partial charge < -0.3 is 24.4 Å². The lowest BCUT2D eigenvalue weighted by Crippen LogP contribution is -2.54. The van der Waals surface area contributed by atoms with E-state index in [0.717, 1.165) is 38.7 Å². The molecule has 1 fully saturated rings. The average molecular weight is 398 g/mol. The number of aliphatic imine (C=N–C) groups is 1. The van der Waals surface area contributed by atoms with Gasteiger partial charge in [0.2, 0.25) is 0 Å². The van der Waals surface area contributed by atoms with Crippen molar-refractivity contribution in [1.29, 1.82) is 0 Å². The number of nitrogens with zero attached hydrogens (tertiary/aromatic N) is 4. The Balaban J connectivity index is 1.48. The number of hydrogen-bond acceptors (Lipinski definition) is 4. The van der Waals surface area contributed by atoms with E-state index in [9.17, 15) is 4.79 Å². The number of furan rings is 1. The zero-order valence-corrected chi connectivity index (χ0v) is 17.6. The van der Waals surface area contributed by atoms with E-state index in [2.05, 4.69) is 58.2 Å². The molecule has 1 amide bonds. The third-order valence-electron chi connectivity index (χ3n) is 5.31. The lowest BCUT2D eigenvalue weighted by Gasteiger charge is -2.36. The highest BCUT2D eigenvalue weighted by molar-refractivity contribution is 5.91. The van der Waals surface area contributed by atoms with E-state index in [0.29, 0.717) is 18.8 Å². The maximum Gasteiger partial charge on any atom is 0.289 e. The minimum Gasteiger partial charge on any atom is -0.459 e. The highest BCUT2D eigenvalue weighted by atomic mass is 16.3. The van der Waals surface area contributed by atoms with E-state index in [1.165, 1.54) is 17.5 Å². The lowest BCUT2D eigenvalue weighted by molar-refractivity contribution is 0.0658. The summed E-state index contributed by atoms with van der Waals surface area (Å²) in [6.07, 6.45) is 1.53. The van der Waals surface area contributed by atoms with Gasteiger partial charge in [-0.05, 0) is 37.6 Å². The Morgan fingerprint density at radius 3 is 2.48 bits per heavy atom. The zero-order chi connectivity index (χ0) is 20.6. The van der Waals surface area contributed by atoms with Crippen molar-refractivity contribution in [2.24, 2.45) is 4.99 Å². The van der Waals surface area contributed by atoms with Crippen LogP contribution in [0.2, 0.25) is 0 Å². The summed E-state index contributed by atoms with van der Waals surface area (Å²) in [6, 6.07) is 11.9. The molecule has 0 atom stereocenters. The fourth-order valence-electron chi connectivity index (χ4n) is 3.68. The molecule has 0 aliphatic carbocycles. The predicted molar refractivity (Wildman–Crippen MR) is 117 cm³/mol. The number of hydrogen-bond donors (Lipinski definition) is 1. The zero-order valence-electron chi connectivity index (χ0n) is 17.6. The summed E-state index contributed by atoms with van der Waals surface area (Å²) in [6.45, 7) is 9.80. The molecule has 0 unspecified atom stereocenters. The van der Waals surface area contributed by atoms with Crippen LogP contribution >= 0.6 is 0 Å². The van der Waals surface area contributed by atoms with E-state index in [1.54, 1.807) is 12.1 Å². The number of nitrogens with one attached hydrogen (secondary N) is 1. The fraction of sp³-hybridized carbons (Fsp3) is 0.455. The second-order valence-electron chi connectivity index (χ2n) is 7.10. The van der Waals surface area contributed by atoms with Crippen molar-refractivity contribution >= 4 is 17.6 Å². The Hall–Kier alpha value is -2.96. The molecule has 156 valence electrons. The second-order valence-corrected chi connectivity index (χ2v) is 7.10. The second kappa shape index (κ2) is 10.0. The van der Waals surface area contributed by atoms with Gasteiger partial charge in [0.25, 0.3) is 5.91 Å². The molecular weight excluding hydrogens is 366 g/mol. The van der Waals surface area contributed by atoms with E-state index in [4.69, 9.17) is 4.42 Å². The first kappa shape index (κ1) is 20.8. The summed E-state index contributed by atoms with van der Waals surface area (Å²) in [7, 11) is 1.81. The van der Waals surface area contributed by atoms with Crippen LogP contribution in [0.15, 0.2) is 52.1 Å². The Labute approximate surface area is 173 Å². The number of carbonyl (C=O) groups excluding carboxylic acids is 1. The summed E-state index contributed by atoms with van der Waals surface area (Å²) in [4.78, 5) is 23.3. The number of para-hydroxylation sites is 1. The molecule has 1 aromatic heterocycles. The monoisotopic (exact) mass is 397 g/mol. The molecule has 29 heavy (non-hydrogen) atoms. The minimum atomic E-state index is -0.0468. The number of anilines is 1. The number of aryl methyl sites for hydroxylation is 1. The molecular formula is C22H31N5O2. The third kappa shape index (κ3) is 5.10. The van der Waals surface area contributed by atoms with Crippen molar-refractivity contribution in [3.05, 3.63) is 54.0 Å². The van der Waals surface area contributed by atoms with Crippen LogP contribution in [-0.2, 0) is 0 Å². The first-order valence-corrected chi connectivity index (χ1v) is 10.2. The molecule has 1 saturated heterocycles. The summed E-state index contributed by atoms with van der Waals surface area (Å²) in [5.74, 6) is 1.24. The normalized spacial score (nSPS) is 14.8. The standard InChI is InChI=1S/C22H31N5O2/c1-4-25(19-9-6-5-8-18(19)2)12-11-24-22(23-3)27-15-13-26(14-16-27)21(28)20-10-7-17-29-20/h5-10,17H,4,11-16H2,1-3H3,(H,23,24). The van der Waals surface area contributed by atoms with Gasteiger partial charge in [-0.2, -0.15) is 0 Å². The van der Waals surface area contributed by atoms with Crippen LogP contribution in [0.5, 0.6) is 0 Å². The van der Waals surface area contributed by atoms with Gasteiger partial charge in [-0.1, -0.05) is 18.2 Å². The van der Waals surface area contributed by atoms with E-state index < -0.39 is 0 Å². The Bertz CT molecular complexity index is 810. The lowest BCUT2D eigenvalue weighted by atomic mass is 10.2.